The molecule has 2 heterocycles. The van der Waals surface area contributed by atoms with E-state index in [1.165, 1.54) is 0 Å². The number of amides is 1. The van der Waals surface area contributed by atoms with Gasteiger partial charge >= 0.3 is 0 Å². The van der Waals surface area contributed by atoms with Gasteiger partial charge in [-0.15, -0.1) is 0 Å². The molecule has 0 N–H and O–H groups in total. The lowest BCUT2D eigenvalue weighted by Crippen LogP contribution is -2.48. The number of methoxy groups -OCH3 is 3. The zero-order valence-electron chi connectivity index (χ0n) is 19.5. The molecule has 33 heavy (non-hydrogen) atoms. The van der Waals surface area contributed by atoms with Crippen LogP contribution < -0.4 is 19.1 Å². The number of hydrogen-bond acceptors (Lipinski definition) is 6. The molecule has 0 saturated carbocycles. The molecule has 1 amide bonds. The number of nitrogens with zero attached hydrogens (tertiary/aromatic N) is 3. The third-order valence-electron chi connectivity index (χ3n) is 5.98. The minimum absolute atomic E-state index is 0.0168. The van der Waals surface area contributed by atoms with E-state index in [2.05, 4.69) is 24.0 Å². The Labute approximate surface area is 194 Å². The second kappa shape index (κ2) is 9.81. The van der Waals surface area contributed by atoms with Crippen LogP contribution in [0.1, 0.15) is 11.1 Å². The van der Waals surface area contributed by atoms with E-state index < -0.39 is 0 Å². The minimum atomic E-state index is -0.0168. The fraction of sp³-hybridized carbons (Fsp3) is 0.308. The van der Waals surface area contributed by atoms with Gasteiger partial charge in [0, 0.05) is 49.3 Å². The summed E-state index contributed by atoms with van der Waals surface area (Å²) in [6.07, 6.45) is 3.39. The molecule has 1 aliphatic heterocycles. The summed E-state index contributed by atoms with van der Waals surface area (Å²) in [7, 11) is 4.88. The van der Waals surface area contributed by atoms with Gasteiger partial charge in [-0.1, -0.05) is 12.1 Å². The Morgan fingerprint density at radius 2 is 1.70 bits per heavy atom. The first-order valence-electron chi connectivity index (χ1n) is 10.9. The predicted octanol–water partition coefficient (Wildman–Crippen LogP) is 3.93. The number of para-hydroxylation sites is 1. The van der Waals surface area contributed by atoms with Gasteiger partial charge in [0.25, 0.3) is 0 Å². The van der Waals surface area contributed by atoms with Crippen LogP contribution in [0.4, 0.5) is 5.82 Å². The lowest BCUT2D eigenvalue weighted by molar-refractivity contribution is -0.126. The van der Waals surface area contributed by atoms with E-state index in [0.29, 0.717) is 24.6 Å². The van der Waals surface area contributed by atoms with Crippen molar-refractivity contribution >= 4 is 28.7 Å². The number of anilines is 1. The Balaban J connectivity index is 1.44. The van der Waals surface area contributed by atoms with Gasteiger partial charge in [-0.2, -0.15) is 0 Å². The number of benzene rings is 2. The van der Waals surface area contributed by atoms with Crippen molar-refractivity contribution in [2.24, 2.45) is 0 Å². The number of carbonyl (C=O) groups excluding carboxylic acids is 1. The van der Waals surface area contributed by atoms with Crippen LogP contribution in [0.5, 0.6) is 17.2 Å². The fourth-order valence-corrected chi connectivity index (χ4v) is 4.08. The van der Waals surface area contributed by atoms with Crippen LogP contribution in [-0.2, 0) is 4.79 Å². The average Bonchev–Trinajstić information content (AvgIpc) is 2.86. The van der Waals surface area contributed by atoms with Crippen molar-refractivity contribution in [1.82, 2.24) is 9.88 Å². The molecule has 1 saturated heterocycles. The normalized spacial score (nSPS) is 14.1. The molecule has 7 nitrogen and oxygen atoms in total. The fourth-order valence-electron chi connectivity index (χ4n) is 4.08. The van der Waals surface area contributed by atoms with Gasteiger partial charge in [0.1, 0.15) is 28.6 Å². The number of fused-ring (bicyclic) bond motifs is 1. The zero-order valence-corrected chi connectivity index (χ0v) is 19.5. The highest BCUT2D eigenvalue weighted by Gasteiger charge is 2.21. The number of aryl methyl sites for hydroxylation is 1. The molecular weight excluding hydrogens is 418 g/mol. The molecular formula is C26H29N3O4. The summed E-state index contributed by atoms with van der Waals surface area (Å²) in [6.45, 7) is 4.79. The Hall–Kier alpha value is -3.74. The van der Waals surface area contributed by atoms with E-state index in [4.69, 9.17) is 19.2 Å². The van der Waals surface area contributed by atoms with Crippen molar-refractivity contribution in [1.29, 1.82) is 0 Å². The van der Waals surface area contributed by atoms with Crippen LogP contribution in [0, 0.1) is 6.92 Å². The van der Waals surface area contributed by atoms with Gasteiger partial charge in [0.05, 0.1) is 21.3 Å². The van der Waals surface area contributed by atoms with Gasteiger partial charge in [-0.05, 0) is 42.8 Å². The molecule has 1 aliphatic rings. The quantitative estimate of drug-likeness (QED) is 0.534. The Kier molecular flexibility index (Phi) is 6.68. The third kappa shape index (κ3) is 4.72. The molecule has 1 fully saturated rings. The van der Waals surface area contributed by atoms with Crippen molar-refractivity contribution in [3.8, 4) is 17.2 Å². The summed E-state index contributed by atoms with van der Waals surface area (Å²) in [5.41, 5.74) is 2.85. The van der Waals surface area contributed by atoms with E-state index in [-0.39, 0.29) is 5.91 Å². The molecule has 0 unspecified atom stereocenters. The van der Waals surface area contributed by atoms with Crippen LogP contribution in [-0.4, -0.2) is 63.3 Å². The van der Waals surface area contributed by atoms with Crippen molar-refractivity contribution < 1.29 is 19.0 Å². The molecule has 0 radical (unpaired) electrons. The van der Waals surface area contributed by atoms with Crippen LogP contribution in [0.25, 0.3) is 17.0 Å². The highest BCUT2D eigenvalue weighted by molar-refractivity contribution is 5.92. The monoisotopic (exact) mass is 447 g/mol. The molecule has 0 spiro atoms. The topological polar surface area (TPSA) is 64.1 Å². The number of ether oxygens (including phenoxy) is 3. The number of carbonyl (C=O) groups is 1. The van der Waals surface area contributed by atoms with Crippen molar-refractivity contribution in [3.63, 3.8) is 0 Å². The molecule has 172 valence electrons. The highest BCUT2D eigenvalue weighted by atomic mass is 16.5. The smallest absolute Gasteiger partial charge is 0.246 e. The second-order valence-electron chi connectivity index (χ2n) is 7.91. The first-order chi connectivity index (χ1) is 16.0. The summed E-state index contributed by atoms with van der Waals surface area (Å²) in [6, 6.07) is 13.6. The third-order valence-corrected chi connectivity index (χ3v) is 5.98. The van der Waals surface area contributed by atoms with Crippen molar-refractivity contribution in [2.45, 2.75) is 6.92 Å². The van der Waals surface area contributed by atoms with E-state index in [1.54, 1.807) is 39.5 Å². The van der Waals surface area contributed by atoms with Gasteiger partial charge in [0.15, 0.2) is 0 Å². The maximum atomic E-state index is 12.8. The van der Waals surface area contributed by atoms with Crippen LogP contribution >= 0.6 is 0 Å². The standard InChI is InChI=1S/C26H29N3O4/c1-18-16-24(27-26-21(18)6-5-7-22(26)32-3)28-12-14-29(15-13-28)25(30)11-9-19-8-10-20(31-2)17-23(19)33-4/h5-11,16-17H,12-15H2,1-4H3/b11-9+. The van der Waals surface area contributed by atoms with Gasteiger partial charge in [-0.3, -0.25) is 4.79 Å². The largest absolute Gasteiger partial charge is 0.497 e. The Morgan fingerprint density at radius 1 is 0.939 bits per heavy atom. The van der Waals surface area contributed by atoms with E-state index in [1.807, 2.05) is 29.2 Å². The summed E-state index contributed by atoms with van der Waals surface area (Å²) in [4.78, 5) is 21.7. The van der Waals surface area contributed by atoms with Crippen molar-refractivity contribution in [3.05, 3.63) is 59.7 Å². The zero-order chi connectivity index (χ0) is 23.4. The van der Waals surface area contributed by atoms with Crippen LogP contribution in [0.3, 0.4) is 0 Å². The molecule has 0 aliphatic carbocycles. The SMILES string of the molecule is COc1ccc(/C=C/C(=O)N2CCN(c3cc(C)c4cccc(OC)c4n3)CC2)c(OC)c1. The van der Waals surface area contributed by atoms with E-state index in [0.717, 1.165) is 46.7 Å². The van der Waals surface area contributed by atoms with Gasteiger partial charge < -0.3 is 24.0 Å². The van der Waals surface area contributed by atoms with Gasteiger partial charge in [-0.25, -0.2) is 4.98 Å². The molecule has 7 heteroatoms. The minimum Gasteiger partial charge on any atom is -0.497 e. The number of piperazine rings is 1. The maximum Gasteiger partial charge on any atom is 0.246 e. The summed E-state index contributed by atoms with van der Waals surface area (Å²) >= 11 is 0. The summed E-state index contributed by atoms with van der Waals surface area (Å²) in [5, 5.41) is 1.09. The highest BCUT2D eigenvalue weighted by Crippen LogP contribution is 2.30. The molecule has 1 aromatic heterocycles. The Bertz CT molecular complexity index is 1180. The van der Waals surface area contributed by atoms with E-state index >= 15 is 0 Å². The average molecular weight is 448 g/mol. The first-order valence-corrected chi connectivity index (χ1v) is 10.9. The van der Waals surface area contributed by atoms with E-state index in [9.17, 15) is 4.79 Å². The summed E-state index contributed by atoms with van der Waals surface area (Å²) in [5.74, 6) is 3.04. The maximum absolute atomic E-state index is 12.8. The van der Waals surface area contributed by atoms with Crippen LogP contribution in [0.15, 0.2) is 48.5 Å². The molecule has 0 atom stereocenters. The number of aromatic nitrogens is 1. The number of pyridine rings is 1. The van der Waals surface area contributed by atoms with Crippen molar-refractivity contribution in [2.75, 3.05) is 52.4 Å². The second-order valence-corrected chi connectivity index (χ2v) is 7.91. The molecule has 4 rings (SSSR count). The summed E-state index contributed by atoms with van der Waals surface area (Å²) < 4.78 is 16.1. The number of rotatable bonds is 6. The molecule has 0 bridgehead atoms. The first kappa shape index (κ1) is 22.5. The number of hydrogen-bond donors (Lipinski definition) is 0. The predicted molar refractivity (Wildman–Crippen MR) is 130 cm³/mol. The van der Waals surface area contributed by atoms with Gasteiger partial charge in [0.2, 0.25) is 5.91 Å². The van der Waals surface area contributed by atoms with Crippen LogP contribution in [0.2, 0.25) is 0 Å². The molecule has 2 aromatic carbocycles. The molecule has 3 aromatic rings. The lowest BCUT2D eigenvalue weighted by Gasteiger charge is -2.35. The lowest BCUT2D eigenvalue weighted by atomic mass is 10.1. The Morgan fingerprint density at radius 3 is 2.39 bits per heavy atom.